The standard InChI is InChI=1S/C15H13NO5/c16-11-7-4-8-12(13(11)14(17)18)21-15(19)20-9-10-5-2-1-3-6-10/h1-8H,9,16H2,(H,17,18). The van der Waals surface area contributed by atoms with Crippen molar-refractivity contribution >= 4 is 17.8 Å². The number of carboxylic acids is 1. The highest BCUT2D eigenvalue weighted by molar-refractivity contribution is 5.97. The van der Waals surface area contributed by atoms with Crippen LogP contribution in [-0.4, -0.2) is 17.2 Å². The van der Waals surface area contributed by atoms with Crippen molar-refractivity contribution in [3.05, 3.63) is 59.7 Å². The Morgan fingerprint density at radius 2 is 1.76 bits per heavy atom. The Morgan fingerprint density at radius 1 is 1.05 bits per heavy atom. The summed E-state index contributed by atoms with van der Waals surface area (Å²) in [5.41, 5.74) is 6.08. The van der Waals surface area contributed by atoms with Crippen LogP contribution < -0.4 is 10.5 Å². The van der Waals surface area contributed by atoms with Crippen LogP contribution in [0.2, 0.25) is 0 Å². The Morgan fingerprint density at radius 3 is 2.43 bits per heavy atom. The van der Waals surface area contributed by atoms with Gasteiger partial charge in [0.15, 0.2) is 5.75 Å². The van der Waals surface area contributed by atoms with Gasteiger partial charge in [-0.05, 0) is 17.7 Å². The third kappa shape index (κ3) is 3.73. The zero-order valence-electron chi connectivity index (χ0n) is 11.0. The number of rotatable bonds is 4. The van der Waals surface area contributed by atoms with Crippen LogP contribution in [0.25, 0.3) is 0 Å². The van der Waals surface area contributed by atoms with E-state index in [0.29, 0.717) is 0 Å². The van der Waals surface area contributed by atoms with Crippen LogP contribution in [0.4, 0.5) is 10.5 Å². The second-order valence-electron chi connectivity index (χ2n) is 4.15. The smallest absolute Gasteiger partial charge is 0.477 e. The summed E-state index contributed by atoms with van der Waals surface area (Å²) in [6.07, 6.45) is -0.994. The molecule has 3 N–H and O–H groups in total. The quantitative estimate of drug-likeness (QED) is 0.509. The van der Waals surface area contributed by atoms with E-state index < -0.39 is 12.1 Å². The van der Waals surface area contributed by atoms with Crippen LogP contribution >= 0.6 is 0 Å². The number of aromatic carboxylic acids is 1. The molecule has 0 saturated heterocycles. The minimum atomic E-state index is -1.28. The van der Waals surface area contributed by atoms with Crippen LogP contribution in [0.15, 0.2) is 48.5 Å². The molecular formula is C15H13NO5. The van der Waals surface area contributed by atoms with Crippen molar-refractivity contribution in [1.82, 2.24) is 0 Å². The normalized spacial score (nSPS) is 9.90. The van der Waals surface area contributed by atoms with Crippen molar-refractivity contribution in [3.8, 4) is 5.75 Å². The average Bonchev–Trinajstić information content (AvgIpc) is 2.46. The van der Waals surface area contributed by atoms with E-state index >= 15 is 0 Å². The molecule has 0 unspecified atom stereocenters. The highest BCUT2D eigenvalue weighted by Gasteiger charge is 2.18. The topological polar surface area (TPSA) is 98.9 Å². The Bertz CT molecular complexity index is 654. The molecule has 2 aromatic rings. The van der Waals surface area contributed by atoms with E-state index in [-0.39, 0.29) is 23.6 Å². The molecular weight excluding hydrogens is 274 g/mol. The number of carboxylic acid groups (broad SMARTS) is 1. The first-order chi connectivity index (χ1) is 10.1. The van der Waals surface area contributed by atoms with E-state index in [1.807, 2.05) is 18.2 Å². The zero-order chi connectivity index (χ0) is 15.2. The summed E-state index contributed by atoms with van der Waals surface area (Å²) in [5.74, 6) is -1.43. The van der Waals surface area contributed by atoms with Crippen molar-refractivity contribution in [2.24, 2.45) is 0 Å². The number of anilines is 1. The van der Waals surface area contributed by atoms with Gasteiger partial charge in [0.05, 0.1) is 0 Å². The van der Waals surface area contributed by atoms with Gasteiger partial charge in [0.2, 0.25) is 0 Å². The molecule has 0 radical (unpaired) electrons. The largest absolute Gasteiger partial charge is 0.514 e. The Kier molecular flexibility index (Phi) is 4.40. The summed E-state index contributed by atoms with van der Waals surface area (Å²) in [4.78, 5) is 22.7. The SMILES string of the molecule is Nc1cccc(OC(=O)OCc2ccccc2)c1C(=O)O. The Labute approximate surface area is 120 Å². The van der Waals surface area contributed by atoms with Crippen molar-refractivity contribution in [3.63, 3.8) is 0 Å². The van der Waals surface area contributed by atoms with Gasteiger partial charge in [-0.3, -0.25) is 0 Å². The van der Waals surface area contributed by atoms with Gasteiger partial charge < -0.3 is 20.3 Å². The van der Waals surface area contributed by atoms with E-state index in [0.717, 1.165) is 5.56 Å². The fourth-order valence-corrected chi connectivity index (χ4v) is 1.70. The van der Waals surface area contributed by atoms with Crippen molar-refractivity contribution in [1.29, 1.82) is 0 Å². The number of ether oxygens (including phenoxy) is 2. The number of hydrogen-bond donors (Lipinski definition) is 2. The predicted octanol–water partition coefficient (Wildman–Crippen LogP) is 2.68. The van der Waals surface area contributed by atoms with Crippen LogP contribution in [0.1, 0.15) is 15.9 Å². The van der Waals surface area contributed by atoms with Crippen LogP contribution in [-0.2, 0) is 11.3 Å². The van der Waals surface area contributed by atoms with Gasteiger partial charge in [-0.1, -0.05) is 36.4 Å². The summed E-state index contributed by atoms with van der Waals surface area (Å²) >= 11 is 0. The average molecular weight is 287 g/mol. The number of hydrogen-bond acceptors (Lipinski definition) is 5. The minimum absolute atomic E-state index is 0.0101. The third-order valence-corrected chi connectivity index (χ3v) is 2.67. The predicted molar refractivity (Wildman–Crippen MR) is 75.1 cm³/mol. The molecule has 6 nitrogen and oxygen atoms in total. The molecule has 0 saturated carbocycles. The van der Waals surface area contributed by atoms with Crippen molar-refractivity contribution in [2.45, 2.75) is 6.61 Å². The molecule has 0 aliphatic rings. The first kappa shape index (κ1) is 14.4. The second-order valence-corrected chi connectivity index (χ2v) is 4.15. The fourth-order valence-electron chi connectivity index (χ4n) is 1.70. The van der Waals surface area contributed by atoms with Gasteiger partial charge in [-0.2, -0.15) is 0 Å². The molecule has 0 amide bonds. The molecule has 0 heterocycles. The zero-order valence-corrected chi connectivity index (χ0v) is 11.0. The molecule has 0 aromatic heterocycles. The number of nitrogens with two attached hydrogens (primary N) is 1. The highest BCUT2D eigenvalue weighted by atomic mass is 16.7. The maximum Gasteiger partial charge on any atom is 0.514 e. The van der Waals surface area contributed by atoms with E-state index in [4.69, 9.17) is 20.3 Å². The lowest BCUT2D eigenvalue weighted by atomic mass is 10.1. The van der Waals surface area contributed by atoms with E-state index in [9.17, 15) is 9.59 Å². The molecule has 2 rings (SSSR count). The maximum absolute atomic E-state index is 11.6. The first-order valence-electron chi connectivity index (χ1n) is 6.08. The van der Waals surface area contributed by atoms with Crippen molar-refractivity contribution < 1.29 is 24.2 Å². The van der Waals surface area contributed by atoms with Crippen molar-refractivity contribution in [2.75, 3.05) is 5.73 Å². The van der Waals surface area contributed by atoms with Crippen LogP contribution in [0.5, 0.6) is 5.75 Å². The number of nitrogen functional groups attached to an aromatic ring is 1. The molecule has 108 valence electrons. The first-order valence-corrected chi connectivity index (χ1v) is 6.08. The molecule has 0 spiro atoms. The monoisotopic (exact) mass is 287 g/mol. The highest BCUT2D eigenvalue weighted by Crippen LogP contribution is 2.24. The number of carbonyl (C=O) groups excluding carboxylic acids is 1. The number of benzene rings is 2. The second kappa shape index (κ2) is 6.42. The molecule has 0 aliphatic carbocycles. The Balaban J connectivity index is 2.03. The summed E-state index contributed by atoms with van der Waals surface area (Å²) in [5, 5.41) is 9.06. The molecule has 21 heavy (non-hydrogen) atoms. The minimum Gasteiger partial charge on any atom is -0.477 e. The summed E-state index contributed by atoms with van der Waals surface area (Å²) in [7, 11) is 0. The van der Waals surface area contributed by atoms with E-state index in [1.165, 1.54) is 18.2 Å². The lowest BCUT2D eigenvalue weighted by Gasteiger charge is -2.09. The Hall–Kier alpha value is -3.02. The summed E-state index contributed by atoms with van der Waals surface area (Å²) in [6, 6.07) is 13.3. The van der Waals surface area contributed by atoms with Gasteiger partial charge >= 0.3 is 12.1 Å². The molecule has 0 atom stereocenters. The van der Waals surface area contributed by atoms with Crippen LogP contribution in [0.3, 0.4) is 0 Å². The van der Waals surface area contributed by atoms with Gasteiger partial charge in [0.1, 0.15) is 12.2 Å². The fraction of sp³-hybridized carbons (Fsp3) is 0.0667. The van der Waals surface area contributed by atoms with Gasteiger partial charge in [-0.15, -0.1) is 0 Å². The van der Waals surface area contributed by atoms with Gasteiger partial charge in [0.25, 0.3) is 0 Å². The molecule has 6 heteroatoms. The van der Waals surface area contributed by atoms with Gasteiger partial charge in [-0.25, -0.2) is 9.59 Å². The summed E-state index contributed by atoms with van der Waals surface area (Å²) in [6.45, 7) is 0.0321. The van der Waals surface area contributed by atoms with E-state index in [2.05, 4.69) is 0 Å². The third-order valence-electron chi connectivity index (χ3n) is 2.67. The lowest BCUT2D eigenvalue weighted by molar-refractivity contribution is 0.0689. The van der Waals surface area contributed by atoms with Gasteiger partial charge in [0, 0.05) is 5.69 Å². The number of carbonyl (C=O) groups is 2. The van der Waals surface area contributed by atoms with Crippen LogP contribution in [0, 0.1) is 0 Å². The maximum atomic E-state index is 11.6. The molecule has 0 aliphatic heterocycles. The van der Waals surface area contributed by atoms with E-state index in [1.54, 1.807) is 12.1 Å². The lowest BCUT2D eigenvalue weighted by Crippen LogP contribution is -2.14. The summed E-state index contributed by atoms with van der Waals surface area (Å²) < 4.78 is 9.80. The molecule has 0 bridgehead atoms. The molecule has 2 aromatic carbocycles. The molecule has 0 fully saturated rings.